The molecule has 0 spiro atoms. The van der Waals surface area contributed by atoms with Gasteiger partial charge in [-0.05, 0) is 48.4 Å². The van der Waals surface area contributed by atoms with Crippen molar-refractivity contribution in [2.75, 3.05) is 30.4 Å². The molecule has 3 rings (SSSR count). The van der Waals surface area contributed by atoms with E-state index in [0.717, 1.165) is 24.5 Å². The number of hydrogen-bond donors (Lipinski definition) is 1. The van der Waals surface area contributed by atoms with E-state index >= 15 is 0 Å². The molecule has 1 N–H and O–H groups in total. The maximum atomic E-state index is 12.0. The van der Waals surface area contributed by atoms with Crippen LogP contribution in [0, 0.1) is 0 Å². The Balaban J connectivity index is 1.42. The largest absolute Gasteiger partial charge is 0.493 e. The van der Waals surface area contributed by atoms with Gasteiger partial charge in [-0.3, -0.25) is 9.78 Å². The van der Waals surface area contributed by atoms with Crippen molar-refractivity contribution in [2.45, 2.75) is 12.8 Å². The molecule has 2 aromatic heterocycles. The Kier molecular flexibility index (Phi) is 6.95. The minimum Gasteiger partial charge on any atom is -0.493 e. The third-order valence-corrected chi connectivity index (χ3v) is 4.25. The van der Waals surface area contributed by atoms with E-state index in [2.05, 4.69) is 20.2 Å². The quantitative estimate of drug-likeness (QED) is 0.618. The molecule has 0 fully saturated rings. The van der Waals surface area contributed by atoms with Crippen molar-refractivity contribution in [3.63, 3.8) is 0 Å². The van der Waals surface area contributed by atoms with Gasteiger partial charge in [0.25, 0.3) is 0 Å². The number of anilines is 2. The zero-order valence-electron chi connectivity index (χ0n) is 15.9. The molecular weight excluding hydrogens is 352 g/mol. The van der Waals surface area contributed by atoms with Gasteiger partial charge in [-0.2, -0.15) is 0 Å². The lowest BCUT2D eigenvalue weighted by Crippen LogP contribution is -2.21. The highest BCUT2D eigenvalue weighted by Gasteiger charge is 2.06. The molecule has 0 bridgehead atoms. The van der Waals surface area contributed by atoms with Crippen LogP contribution < -0.4 is 15.0 Å². The first-order valence-electron chi connectivity index (χ1n) is 9.24. The first kappa shape index (κ1) is 19.4. The summed E-state index contributed by atoms with van der Waals surface area (Å²) in [4.78, 5) is 22.6. The number of amides is 1. The second kappa shape index (κ2) is 10.1. The fraction of sp³-hybridized carbons (Fsp3) is 0.227. The lowest BCUT2D eigenvalue weighted by molar-refractivity contribution is -0.116. The predicted molar refractivity (Wildman–Crippen MR) is 111 cm³/mol. The Morgan fingerprint density at radius 2 is 1.86 bits per heavy atom. The van der Waals surface area contributed by atoms with Gasteiger partial charge in [0.15, 0.2) is 0 Å². The smallest absolute Gasteiger partial charge is 0.227 e. The molecule has 0 atom stereocenters. The van der Waals surface area contributed by atoms with Crippen LogP contribution in [-0.4, -0.2) is 36.1 Å². The van der Waals surface area contributed by atoms with Crippen LogP contribution in [0.5, 0.6) is 5.75 Å². The second-order valence-electron chi connectivity index (χ2n) is 6.39. The average molecular weight is 376 g/mol. The predicted octanol–water partition coefficient (Wildman–Crippen LogP) is 3.56. The fourth-order valence-electron chi connectivity index (χ4n) is 2.65. The van der Waals surface area contributed by atoms with Gasteiger partial charge in [0.1, 0.15) is 11.6 Å². The molecule has 3 aromatic rings. The molecule has 144 valence electrons. The van der Waals surface area contributed by atoms with Gasteiger partial charge in [0.05, 0.1) is 24.9 Å². The molecule has 1 aromatic carbocycles. The van der Waals surface area contributed by atoms with Crippen molar-refractivity contribution in [2.24, 2.45) is 0 Å². The maximum absolute atomic E-state index is 12.0. The van der Waals surface area contributed by atoms with E-state index in [-0.39, 0.29) is 12.3 Å². The molecule has 0 aliphatic heterocycles. The standard InChI is InChI=1S/C22H24N4O2/c1-26(15-11-18-9-13-23-14-10-18)21-8-7-19(17-24-21)25-22(27)12-16-28-20-5-3-2-4-6-20/h2-10,13-14,17H,11-12,15-16H2,1H3,(H,25,27). The first-order valence-corrected chi connectivity index (χ1v) is 9.24. The summed E-state index contributed by atoms with van der Waals surface area (Å²) in [5, 5.41) is 2.85. The van der Waals surface area contributed by atoms with E-state index in [9.17, 15) is 4.79 Å². The van der Waals surface area contributed by atoms with Crippen molar-refractivity contribution in [3.05, 3.63) is 78.8 Å². The molecule has 1 amide bonds. The molecular formula is C22H24N4O2. The SMILES string of the molecule is CN(CCc1ccncc1)c1ccc(NC(=O)CCOc2ccccc2)cn1. The number of rotatable bonds is 9. The number of nitrogens with one attached hydrogen (secondary N) is 1. The third-order valence-electron chi connectivity index (χ3n) is 4.25. The minimum absolute atomic E-state index is 0.100. The van der Waals surface area contributed by atoms with Gasteiger partial charge in [0, 0.05) is 26.0 Å². The van der Waals surface area contributed by atoms with E-state index in [1.807, 2.05) is 61.6 Å². The lowest BCUT2D eigenvalue weighted by atomic mass is 10.2. The number of carbonyl (C=O) groups is 1. The molecule has 6 nitrogen and oxygen atoms in total. The van der Waals surface area contributed by atoms with Gasteiger partial charge in [-0.1, -0.05) is 18.2 Å². The third kappa shape index (κ3) is 6.09. The average Bonchev–Trinajstić information content (AvgIpc) is 2.74. The Morgan fingerprint density at radius 1 is 1.07 bits per heavy atom. The first-order chi connectivity index (χ1) is 13.7. The fourth-order valence-corrected chi connectivity index (χ4v) is 2.65. The summed E-state index contributed by atoms with van der Waals surface area (Å²) < 4.78 is 5.54. The van der Waals surface area contributed by atoms with Crippen molar-refractivity contribution >= 4 is 17.4 Å². The Labute approximate surface area is 165 Å². The van der Waals surface area contributed by atoms with E-state index in [1.54, 1.807) is 18.6 Å². The second-order valence-corrected chi connectivity index (χ2v) is 6.39. The summed E-state index contributed by atoms with van der Waals surface area (Å²) in [6.45, 7) is 1.18. The molecule has 0 aliphatic carbocycles. The van der Waals surface area contributed by atoms with Crippen LogP contribution in [0.25, 0.3) is 0 Å². The molecule has 0 aliphatic rings. The van der Waals surface area contributed by atoms with E-state index in [4.69, 9.17) is 4.74 Å². The van der Waals surface area contributed by atoms with Crippen LogP contribution in [0.4, 0.5) is 11.5 Å². The lowest BCUT2D eigenvalue weighted by Gasteiger charge is -2.18. The number of pyridine rings is 2. The number of benzene rings is 1. The minimum atomic E-state index is -0.100. The van der Waals surface area contributed by atoms with Gasteiger partial charge in [-0.25, -0.2) is 4.98 Å². The summed E-state index contributed by atoms with van der Waals surface area (Å²) in [6.07, 6.45) is 6.48. The van der Waals surface area contributed by atoms with Crippen LogP contribution in [0.2, 0.25) is 0 Å². The van der Waals surface area contributed by atoms with E-state index < -0.39 is 0 Å². The van der Waals surface area contributed by atoms with Gasteiger partial charge >= 0.3 is 0 Å². The van der Waals surface area contributed by atoms with Crippen molar-refractivity contribution in [1.82, 2.24) is 9.97 Å². The van der Waals surface area contributed by atoms with Gasteiger partial charge in [0.2, 0.25) is 5.91 Å². The summed E-state index contributed by atoms with van der Waals surface area (Å²) >= 11 is 0. The van der Waals surface area contributed by atoms with Crippen LogP contribution >= 0.6 is 0 Å². The number of carbonyl (C=O) groups excluding carboxylic acids is 1. The molecule has 2 heterocycles. The number of hydrogen-bond acceptors (Lipinski definition) is 5. The summed E-state index contributed by atoms with van der Waals surface area (Å²) in [7, 11) is 2.00. The van der Waals surface area contributed by atoms with E-state index in [1.165, 1.54) is 5.56 Å². The molecule has 0 saturated heterocycles. The van der Waals surface area contributed by atoms with Crippen LogP contribution in [0.15, 0.2) is 73.2 Å². The highest BCUT2D eigenvalue weighted by atomic mass is 16.5. The van der Waals surface area contributed by atoms with Crippen LogP contribution in [0.3, 0.4) is 0 Å². The summed E-state index contributed by atoms with van der Waals surface area (Å²) in [5.74, 6) is 1.52. The number of para-hydroxylation sites is 1. The normalized spacial score (nSPS) is 10.3. The molecule has 0 saturated carbocycles. The zero-order chi connectivity index (χ0) is 19.6. The Morgan fingerprint density at radius 3 is 2.57 bits per heavy atom. The Bertz CT molecular complexity index is 855. The van der Waals surface area contributed by atoms with Crippen molar-refractivity contribution in [3.8, 4) is 5.75 Å². The number of nitrogens with zero attached hydrogens (tertiary/aromatic N) is 3. The number of ether oxygens (including phenoxy) is 1. The van der Waals surface area contributed by atoms with Crippen molar-refractivity contribution in [1.29, 1.82) is 0 Å². The van der Waals surface area contributed by atoms with Crippen LogP contribution in [-0.2, 0) is 11.2 Å². The van der Waals surface area contributed by atoms with Crippen LogP contribution in [0.1, 0.15) is 12.0 Å². The zero-order valence-corrected chi connectivity index (χ0v) is 15.9. The molecule has 0 radical (unpaired) electrons. The number of likely N-dealkylation sites (N-methyl/N-ethyl adjacent to an activating group) is 1. The van der Waals surface area contributed by atoms with E-state index in [0.29, 0.717) is 12.3 Å². The van der Waals surface area contributed by atoms with Crippen molar-refractivity contribution < 1.29 is 9.53 Å². The number of aromatic nitrogens is 2. The maximum Gasteiger partial charge on any atom is 0.227 e. The molecule has 6 heteroatoms. The van der Waals surface area contributed by atoms with Gasteiger partial charge < -0.3 is 15.0 Å². The highest BCUT2D eigenvalue weighted by Crippen LogP contribution is 2.14. The molecule has 0 unspecified atom stereocenters. The Hall–Kier alpha value is -3.41. The van der Waals surface area contributed by atoms with Gasteiger partial charge in [-0.15, -0.1) is 0 Å². The monoisotopic (exact) mass is 376 g/mol. The molecule has 28 heavy (non-hydrogen) atoms. The summed E-state index contributed by atoms with van der Waals surface area (Å²) in [5.41, 5.74) is 1.92. The summed E-state index contributed by atoms with van der Waals surface area (Å²) in [6, 6.07) is 17.3. The topological polar surface area (TPSA) is 67.4 Å². The highest BCUT2D eigenvalue weighted by molar-refractivity contribution is 5.90.